The minimum absolute atomic E-state index is 0.0295. The summed E-state index contributed by atoms with van der Waals surface area (Å²) in [6.45, 7) is 2.75. The van der Waals surface area contributed by atoms with Gasteiger partial charge in [0.25, 0.3) is 5.91 Å². The van der Waals surface area contributed by atoms with Gasteiger partial charge in [0, 0.05) is 36.6 Å². The fourth-order valence-corrected chi connectivity index (χ4v) is 2.85. The Balaban J connectivity index is 1.50. The van der Waals surface area contributed by atoms with E-state index < -0.39 is 0 Å². The van der Waals surface area contributed by atoms with E-state index in [4.69, 9.17) is 5.73 Å². The Bertz CT molecular complexity index is 625. The van der Waals surface area contributed by atoms with Gasteiger partial charge in [0.05, 0.1) is 0 Å². The number of carbonyl (C=O) groups excluding carboxylic acids is 1. The molecule has 4 nitrogen and oxygen atoms in total. The third kappa shape index (κ3) is 3.39. The Morgan fingerprint density at radius 1 is 1.14 bits per heavy atom. The highest BCUT2D eigenvalue weighted by Crippen LogP contribution is 2.23. The number of benzene rings is 2. The summed E-state index contributed by atoms with van der Waals surface area (Å²) in [5, 5.41) is 3.03. The molecule has 1 aliphatic rings. The fourth-order valence-electron chi connectivity index (χ4n) is 2.85. The summed E-state index contributed by atoms with van der Waals surface area (Å²) < 4.78 is 0. The number of nitrogens with zero attached hydrogens (tertiary/aromatic N) is 1. The van der Waals surface area contributed by atoms with Gasteiger partial charge in [-0.25, -0.2) is 0 Å². The molecule has 0 saturated carbocycles. The van der Waals surface area contributed by atoms with E-state index in [9.17, 15) is 4.79 Å². The Hall–Kier alpha value is -2.49. The first kappa shape index (κ1) is 14.4. The minimum atomic E-state index is -0.0295. The molecule has 1 heterocycles. The molecule has 2 aromatic rings. The molecule has 2 aromatic carbocycles. The van der Waals surface area contributed by atoms with Gasteiger partial charge in [-0.15, -0.1) is 0 Å². The second-order valence-corrected chi connectivity index (χ2v) is 5.77. The van der Waals surface area contributed by atoms with Crippen molar-refractivity contribution in [2.24, 2.45) is 5.92 Å². The van der Waals surface area contributed by atoms with E-state index in [1.165, 1.54) is 5.69 Å². The summed E-state index contributed by atoms with van der Waals surface area (Å²) >= 11 is 0. The number of hydrogen-bond acceptors (Lipinski definition) is 3. The maximum Gasteiger partial charge on any atom is 0.251 e. The van der Waals surface area contributed by atoms with E-state index in [0.717, 1.165) is 19.5 Å². The molecule has 3 rings (SSSR count). The van der Waals surface area contributed by atoms with Gasteiger partial charge in [0.1, 0.15) is 0 Å². The molecule has 1 amide bonds. The summed E-state index contributed by atoms with van der Waals surface area (Å²) in [5.41, 5.74) is 8.22. The molecule has 1 fully saturated rings. The molecule has 0 bridgehead atoms. The summed E-state index contributed by atoms with van der Waals surface area (Å²) in [7, 11) is 0. The molecule has 0 spiro atoms. The third-order valence-electron chi connectivity index (χ3n) is 4.13. The first-order valence-electron chi connectivity index (χ1n) is 7.66. The number of nitrogens with two attached hydrogens (primary N) is 1. The van der Waals surface area contributed by atoms with E-state index in [1.54, 1.807) is 24.3 Å². The standard InChI is InChI=1S/C18H21N3O/c19-16-8-6-15(7-9-16)18(22)20-12-14-10-11-21(13-14)17-4-2-1-3-5-17/h1-9,14H,10-13,19H2,(H,20,22). The molecule has 1 aliphatic heterocycles. The normalized spacial score (nSPS) is 17.5. The van der Waals surface area contributed by atoms with Crippen LogP contribution in [0.4, 0.5) is 11.4 Å². The third-order valence-corrected chi connectivity index (χ3v) is 4.13. The van der Waals surface area contributed by atoms with Gasteiger partial charge in [-0.05, 0) is 48.7 Å². The fraction of sp³-hybridized carbons (Fsp3) is 0.278. The van der Waals surface area contributed by atoms with Crippen LogP contribution >= 0.6 is 0 Å². The van der Waals surface area contributed by atoms with Crippen molar-refractivity contribution in [2.75, 3.05) is 30.3 Å². The average Bonchev–Trinajstić information content (AvgIpc) is 3.03. The van der Waals surface area contributed by atoms with Crippen molar-refractivity contribution >= 4 is 17.3 Å². The lowest BCUT2D eigenvalue weighted by molar-refractivity contribution is 0.0948. The van der Waals surface area contributed by atoms with E-state index in [-0.39, 0.29) is 5.91 Å². The lowest BCUT2D eigenvalue weighted by atomic mass is 10.1. The van der Waals surface area contributed by atoms with Gasteiger partial charge in [0.2, 0.25) is 0 Å². The molecule has 114 valence electrons. The van der Waals surface area contributed by atoms with Crippen LogP contribution in [0.25, 0.3) is 0 Å². The van der Waals surface area contributed by atoms with E-state index in [2.05, 4.69) is 34.5 Å². The average molecular weight is 295 g/mol. The number of nitrogens with one attached hydrogen (secondary N) is 1. The Morgan fingerprint density at radius 2 is 1.86 bits per heavy atom. The zero-order valence-electron chi connectivity index (χ0n) is 12.5. The minimum Gasteiger partial charge on any atom is -0.399 e. The molecule has 22 heavy (non-hydrogen) atoms. The molecule has 0 radical (unpaired) electrons. The number of rotatable bonds is 4. The largest absolute Gasteiger partial charge is 0.399 e. The van der Waals surface area contributed by atoms with Crippen molar-refractivity contribution < 1.29 is 4.79 Å². The first-order valence-corrected chi connectivity index (χ1v) is 7.66. The highest BCUT2D eigenvalue weighted by molar-refractivity contribution is 5.94. The van der Waals surface area contributed by atoms with Crippen LogP contribution in [0.3, 0.4) is 0 Å². The Morgan fingerprint density at radius 3 is 2.59 bits per heavy atom. The van der Waals surface area contributed by atoms with E-state index in [0.29, 0.717) is 23.7 Å². The predicted molar refractivity (Wildman–Crippen MR) is 89.9 cm³/mol. The number of carbonyl (C=O) groups is 1. The smallest absolute Gasteiger partial charge is 0.251 e. The number of para-hydroxylation sites is 1. The van der Waals surface area contributed by atoms with Gasteiger partial charge in [0.15, 0.2) is 0 Å². The molecule has 1 atom stereocenters. The zero-order chi connectivity index (χ0) is 15.4. The van der Waals surface area contributed by atoms with E-state index >= 15 is 0 Å². The first-order chi connectivity index (χ1) is 10.7. The zero-order valence-corrected chi connectivity index (χ0v) is 12.5. The number of hydrogen-bond donors (Lipinski definition) is 2. The molecule has 0 aromatic heterocycles. The van der Waals surface area contributed by atoms with Crippen LogP contribution in [0.2, 0.25) is 0 Å². The Labute approximate surface area is 130 Å². The number of anilines is 2. The van der Waals surface area contributed by atoms with Crippen LogP contribution < -0.4 is 16.0 Å². The Kier molecular flexibility index (Phi) is 4.28. The van der Waals surface area contributed by atoms with Crippen molar-refractivity contribution in [3.63, 3.8) is 0 Å². The summed E-state index contributed by atoms with van der Waals surface area (Å²) in [4.78, 5) is 14.5. The summed E-state index contributed by atoms with van der Waals surface area (Å²) in [5.74, 6) is 0.469. The SMILES string of the molecule is Nc1ccc(C(=O)NCC2CCN(c3ccccc3)C2)cc1. The van der Waals surface area contributed by atoms with Gasteiger partial charge in [-0.2, -0.15) is 0 Å². The van der Waals surface area contributed by atoms with Crippen LogP contribution in [0.5, 0.6) is 0 Å². The van der Waals surface area contributed by atoms with Crippen molar-refractivity contribution in [1.29, 1.82) is 0 Å². The number of amides is 1. The van der Waals surface area contributed by atoms with Crippen molar-refractivity contribution in [1.82, 2.24) is 5.32 Å². The van der Waals surface area contributed by atoms with Crippen LogP contribution in [0.1, 0.15) is 16.8 Å². The van der Waals surface area contributed by atoms with Crippen LogP contribution in [0.15, 0.2) is 54.6 Å². The molecule has 0 aliphatic carbocycles. The number of nitrogen functional groups attached to an aromatic ring is 1. The maximum atomic E-state index is 12.1. The quantitative estimate of drug-likeness (QED) is 0.852. The lowest BCUT2D eigenvalue weighted by Gasteiger charge is -2.18. The molecule has 3 N–H and O–H groups in total. The van der Waals surface area contributed by atoms with Gasteiger partial charge in [-0.3, -0.25) is 4.79 Å². The molecule has 1 saturated heterocycles. The maximum absolute atomic E-state index is 12.1. The van der Waals surface area contributed by atoms with Crippen molar-refractivity contribution in [3.8, 4) is 0 Å². The monoisotopic (exact) mass is 295 g/mol. The van der Waals surface area contributed by atoms with Gasteiger partial charge < -0.3 is 16.0 Å². The molecular formula is C18H21N3O. The van der Waals surface area contributed by atoms with Crippen LogP contribution in [0, 0.1) is 5.92 Å². The highest BCUT2D eigenvalue weighted by atomic mass is 16.1. The van der Waals surface area contributed by atoms with Gasteiger partial charge in [-0.1, -0.05) is 18.2 Å². The van der Waals surface area contributed by atoms with Crippen LogP contribution in [-0.4, -0.2) is 25.5 Å². The summed E-state index contributed by atoms with van der Waals surface area (Å²) in [6, 6.07) is 17.4. The molecule has 4 heteroatoms. The second-order valence-electron chi connectivity index (χ2n) is 5.77. The van der Waals surface area contributed by atoms with Crippen LogP contribution in [-0.2, 0) is 0 Å². The topological polar surface area (TPSA) is 58.4 Å². The molecular weight excluding hydrogens is 274 g/mol. The predicted octanol–water partition coefficient (Wildman–Crippen LogP) is 2.53. The second kappa shape index (κ2) is 6.52. The summed E-state index contributed by atoms with van der Waals surface area (Å²) in [6.07, 6.45) is 1.11. The van der Waals surface area contributed by atoms with Crippen molar-refractivity contribution in [3.05, 3.63) is 60.2 Å². The van der Waals surface area contributed by atoms with E-state index in [1.807, 2.05) is 6.07 Å². The molecule has 1 unspecified atom stereocenters. The highest BCUT2D eigenvalue weighted by Gasteiger charge is 2.23. The van der Waals surface area contributed by atoms with Gasteiger partial charge >= 0.3 is 0 Å². The van der Waals surface area contributed by atoms with Crippen molar-refractivity contribution in [2.45, 2.75) is 6.42 Å². The lowest BCUT2D eigenvalue weighted by Crippen LogP contribution is -2.31.